The summed E-state index contributed by atoms with van der Waals surface area (Å²) in [5.41, 5.74) is 1.34. The highest BCUT2D eigenvalue weighted by Crippen LogP contribution is 2.31. The first kappa shape index (κ1) is 5.45. The van der Waals surface area contributed by atoms with Crippen molar-refractivity contribution in [3.63, 3.8) is 0 Å². The zero-order valence-electron chi connectivity index (χ0n) is 5.46. The zero-order chi connectivity index (χ0) is 6.27. The summed E-state index contributed by atoms with van der Waals surface area (Å²) in [6, 6.07) is 0. The smallest absolute Gasteiger partial charge is 0.117 e. The lowest BCUT2D eigenvalue weighted by Crippen LogP contribution is -2.03. The van der Waals surface area contributed by atoms with E-state index >= 15 is 0 Å². The Morgan fingerprint density at radius 2 is 2.44 bits per heavy atom. The van der Waals surface area contributed by atoms with E-state index in [1.165, 1.54) is 5.57 Å². The van der Waals surface area contributed by atoms with Crippen molar-refractivity contribution in [2.75, 3.05) is 0 Å². The SMILES string of the molecule is CC1OOC2CCC=C12. The molecule has 1 saturated heterocycles. The Labute approximate surface area is 54.4 Å². The molecule has 50 valence electrons. The minimum atomic E-state index is 0.206. The van der Waals surface area contributed by atoms with Gasteiger partial charge in [-0.15, -0.1) is 0 Å². The molecule has 0 aromatic rings. The van der Waals surface area contributed by atoms with Crippen LogP contribution in [0, 0.1) is 0 Å². The van der Waals surface area contributed by atoms with E-state index in [1.807, 2.05) is 6.92 Å². The molecule has 2 atom stereocenters. The lowest BCUT2D eigenvalue weighted by Gasteiger charge is -1.96. The van der Waals surface area contributed by atoms with Gasteiger partial charge in [-0.05, 0) is 25.3 Å². The van der Waals surface area contributed by atoms with Crippen molar-refractivity contribution in [3.8, 4) is 0 Å². The molecule has 0 spiro atoms. The Morgan fingerprint density at radius 3 is 3.22 bits per heavy atom. The van der Waals surface area contributed by atoms with Gasteiger partial charge in [0, 0.05) is 0 Å². The summed E-state index contributed by atoms with van der Waals surface area (Å²) < 4.78 is 0. The zero-order valence-corrected chi connectivity index (χ0v) is 5.46. The van der Waals surface area contributed by atoms with Crippen LogP contribution in [-0.4, -0.2) is 12.2 Å². The topological polar surface area (TPSA) is 18.5 Å². The molecular formula is C7H10O2. The third-order valence-electron chi connectivity index (χ3n) is 1.97. The van der Waals surface area contributed by atoms with E-state index in [9.17, 15) is 0 Å². The van der Waals surface area contributed by atoms with E-state index in [0.717, 1.165) is 12.8 Å². The monoisotopic (exact) mass is 126 g/mol. The highest BCUT2D eigenvalue weighted by atomic mass is 17.2. The van der Waals surface area contributed by atoms with Crippen LogP contribution >= 0.6 is 0 Å². The molecule has 2 heteroatoms. The van der Waals surface area contributed by atoms with Gasteiger partial charge in [0.25, 0.3) is 0 Å². The first-order valence-corrected chi connectivity index (χ1v) is 3.40. The van der Waals surface area contributed by atoms with Crippen molar-refractivity contribution in [1.29, 1.82) is 0 Å². The summed E-state index contributed by atoms with van der Waals surface area (Å²) in [5.74, 6) is 0. The molecule has 2 aliphatic rings. The van der Waals surface area contributed by atoms with Gasteiger partial charge in [0.05, 0.1) is 0 Å². The van der Waals surface area contributed by atoms with Gasteiger partial charge in [-0.3, -0.25) is 0 Å². The summed E-state index contributed by atoms with van der Waals surface area (Å²) >= 11 is 0. The van der Waals surface area contributed by atoms with Crippen molar-refractivity contribution >= 4 is 0 Å². The fraction of sp³-hybridized carbons (Fsp3) is 0.714. The summed E-state index contributed by atoms with van der Waals surface area (Å²) in [5, 5.41) is 0. The lowest BCUT2D eigenvalue weighted by atomic mass is 10.1. The van der Waals surface area contributed by atoms with E-state index < -0.39 is 0 Å². The molecule has 0 amide bonds. The quantitative estimate of drug-likeness (QED) is 0.361. The minimum Gasteiger partial charge on any atom is -0.228 e. The Balaban J connectivity index is 2.22. The van der Waals surface area contributed by atoms with Crippen LogP contribution in [0.2, 0.25) is 0 Å². The second-order valence-electron chi connectivity index (χ2n) is 2.60. The van der Waals surface area contributed by atoms with Crippen LogP contribution in [0.15, 0.2) is 11.6 Å². The molecule has 0 aromatic heterocycles. The third-order valence-corrected chi connectivity index (χ3v) is 1.97. The first-order chi connectivity index (χ1) is 4.38. The highest BCUT2D eigenvalue weighted by molar-refractivity contribution is 5.19. The van der Waals surface area contributed by atoms with Gasteiger partial charge in [-0.25, -0.2) is 9.78 Å². The third kappa shape index (κ3) is 0.705. The number of hydrogen-bond acceptors (Lipinski definition) is 2. The van der Waals surface area contributed by atoms with E-state index in [2.05, 4.69) is 6.08 Å². The van der Waals surface area contributed by atoms with Crippen molar-refractivity contribution in [2.24, 2.45) is 0 Å². The summed E-state index contributed by atoms with van der Waals surface area (Å²) in [7, 11) is 0. The average molecular weight is 126 g/mol. The molecular weight excluding hydrogens is 116 g/mol. The molecule has 1 aliphatic heterocycles. The van der Waals surface area contributed by atoms with Crippen molar-refractivity contribution in [3.05, 3.63) is 11.6 Å². The Hall–Kier alpha value is -0.340. The maximum atomic E-state index is 5.02. The van der Waals surface area contributed by atoms with Crippen molar-refractivity contribution in [1.82, 2.24) is 0 Å². The van der Waals surface area contributed by atoms with Crippen LogP contribution < -0.4 is 0 Å². The van der Waals surface area contributed by atoms with Crippen LogP contribution in [0.4, 0.5) is 0 Å². The standard InChI is InChI=1S/C7H10O2/c1-5-6-3-2-4-7(6)9-8-5/h3,5,7H,2,4H2,1H3. The number of fused-ring (bicyclic) bond motifs is 1. The molecule has 0 bridgehead atoms. The molecule has 0 aromatic carbocycles. The van der Waals surface area contributed by atoms with Gasteiger partial charge >= 0.3 is 0 Å². The van der Waals surface area contributed by atoms with Crippen LogP contribution in [0.5, 0.6) is 0 Å². The lowest BCUT2D eigenvalue weighted by molar-refractivity contribution is -0.293. The fourth-order valence-electron chi connectivity index (χ4n) is 1.44. The van der Waals surface area contributed by atoms with E-state index in [-0.39, 0.29) is 6.10 Å². The summed E-state index contributed by atoms with van der Waals surface area (Å²) in [6.07, 6.45) is 4.99. The van der Waals surface area contributed by atoms with Crippen LogP contribution in [0.1, 0.15) is 19.8 Å². The number of rotatable bonds is 0. The van der Waals surface area contributed by atoms with Crippen LogP contribution in [0.3, 0.4) is 0 Å². The molecule has 2 unspecified atom stereocenters. The maximum Gasteiger partial charge on any atom is 0.117 e. The Bertz CT molecular complexity index is 151. The van der Waals surface area contributed by atoms with Gasteiger partial charge in [0.15, 0.2) is 0 Å². The van der Waals surface area contributed by atoms with Crippen LogP contribution in [0.25, 0.3) is 0 Å². The molecule has 2 rings (SSSR count). The van der Waals surface area contributed by atoms with E-state index in [1.54, 1.807) is 0 Å². The average Bonchev–Trinajstić information content (AvgIpc) is 2.35. The fourth-order valence-corrected chi connectivity index (χ4v) is 1.44. The largest absolute Gasteiger partial charge is 0.228 e. The predicted octanol–water partition coefficient (Wildman–Crippen LogP) is 1.43. The molecule has 9 heavy (non-hydrogen) atoms. The number of allylic oxidation sites excluding steroid dienone is 1. The second kappa shape index (κ2) is 1.82. The second-order valence-corrected chi connectivity index (χ2v) is 2.60. The molecule has 0 radical (unpaired) electrons. The summed E-state index contributed by atoms with van der Waals surface area (Å²) in [6.45, 7) is 2.02. The highest BCUT2D eigenvalue weighted by Gasteiger charge is 2.32. The minimum absolute atomic E-state index is 0.206. The van der Waals surface area contributed by atoms with E-state index in [4.69, 9.17) is 9.78 Å². The van der Waals surface area contributed by atoms with Crippen LogP contribution in [-0.2, 0) is 9.78 Å². The van der Waals surface area contributed by atoms with Gasteiger partial charge in [-0.2, -0.15) is 0 Å². The first-order valence-electron chi connectivity index (χ1n) is 3.40. The van der Waals surface area contributed by atoms with Gasteiger partial charge in [0.2, 0.25) is 0 Å². The van der Waals surface area contributed by atoms with Gasteiger partial charge in [0.1, 0.15) is 12.2 Å². The molecule has 0 saturated carbocycles. The normalized spacial score (nSPS) is 40.8. The van der Waals surface area contributed by atoms with Gasteiger partial charge in [-0.1, -0.05) is 6.08 Å². The molecule has 1 fully saturated rings. The molecule has 0 N–H and O–H groups in total. The molecule has 2 nitrogen and oxygen atoms in total. The van der Waals surface area contributed by atoms with Crippen molar-refractivity contribution < 1.29 is 9.78 Å². The van der Waals surface area contributed by atoms with Crippen molar-refractivity contribution in [2.45, 2.75) is 32.0 Å². The molecule has 1 heterocycles. The maximum absolute atomic E-state index is 5.02. The Kier molecular flexibility index (Phi) is 1.10. The van der Waals surface area contributed by atoms with Gasteiger partial charge < -0.3 is 0 Å². The predicted molar refractivity (Wildman–Crippen MR) is 32.7 cm³/mol. The molecule has 1 aliphatic carbocycles. The summed E-state index contributed by atoms with van der Waals surface area (Å²) in [4.78, 5) is 9.97. The van der Waals surface area contributed by atoms with E-state index in [0.29, 0.717) is 6.10 Å². The Morgan fingerprint density at radius 1 is 1.56 bits per heavy atom. The number of hydrogen-bond donors (Lipinski definition) is 0.